The van der Waals surface area contributed by atoms with Gasteiger partial charge in [0.05, 0.1) is 0 Å². The molecular formula is C30H54O5SiSn. The van der Waals surface area contributed by atoms with Crippen molar-refractivity contribution >= 4 is 32.7 Å². The van der Waals surface area contributed by atoms with Crippen LogP contribution in [0.15, 0.2) is 22.3 Å². The van der Waals surface area contributed by atoms with E-state index in [-0.39, 0.29) is 17.6 Å². The van der Waals surface area contributed by atoms with Gasteiger partial charge >= 0.3 is 234 Å². The minimum atomic E-state index is -2.57. The zero-order valence-corrected chi connectivity index (χ0v) is 28.8. The minimum absolute atomic E-state index is 0.0670. The van der Waals surface area contributed by atoms with Gasteiger partial charge in [-0.2, -0.15) is 0 Å². The van der Waals surface area contributed by atoms with Crippen LogP contribution in [0.5, 0.6) is 0 Å². The molecule has 0 aromatic rings. The van der Waals surface area contributed by atoms with Crippen molar-refractivity contribution in [1.82, 2.24) is 0 Å². The predicted octanol–water partition coefficient (Wildman–Crippen LogP) is 7.80. The Morgan fingerprint density at radius 1 is 1.05 bits per heavy atom. The molecule has 0 radical (unpaired) electrons. The number of hydrogen-bond donors (Lipinski definition) is 0. The molecule has 5 nitrogen and oxygen atoms in total. The molecule has 3 atom stereocenters. The van der Waals surface area contributed by atoms with E-state index in [0.717, 1.165) is 0 Å². The summed E-state index contributed by atoms with van der Waals surface area (Å²) < 4.78 is 30.4. The van der Waals surface area contributed by atoms with Gasteiger partial charge in [0.2, 0.25) is 0 Å². The summed E-state index contributed by atoms with van der Waals surface area (Å²) in [6, 6.07) is 0. The predicted molar refractivity (Wildman–Crippen MR) is 160 cm³/mol. The second-order valence-electron chi connectivity index (χ2n) is 11.9. The molecule has 0 unspecified atom stereocenters. The van der Waals surface area contributed by atoms with E-state index < -0.39 is 45.2 Å². The standard InChI is InChI=1S/C18H27O5Si.3C4H9.Sn/c1-8-12-20-17-11-10-14(22-16(19)9-2)15(23-17)13-21-24(6,7)18(3,4)5;3*1-3-4-2;/h1-2,9-11,14-15,17H,12-13H2,3-7H3;3*1,3-4H2,2H3;/t14-,15+,17-;;;;/m0..../s1. The maximum absolute atomic E-state index is 13.1. The Kier molecular flexibility index (Phi) is 16.0. The first-order valence-electron chi connectivity index (χ1n) is 14.4. The Balaban J connectivity index is 3.03. The van der Waals surface area contributed by atoms with Gasteiger partial charge in [-0.25, -0.2) is 0 Å². The van der Waals surface area contributed by atoms with Gasteiger partial charge in [-0.15, -0.1) is 0 Å². The summed E-state index contributed by atoms with van der Waals surface area (Å²) in [5.74, 6) is 2.19. The quantitative estimate of drug-likeness (QED) is 0.0534. The summed E-state index contributed by atoms with van der Waals surface area (Å²) in [7, 11) is -2.01. The van der Waals surface area contributed by atoms with Gasteiger partial charge in [0.1, 0.15) is 0 Å². The first-order chi connectivity index (χ1) is 17.4. The molecule has 7 heteroatoms. The summed E-state index contributed by atoms with van der Waals surface area (Å²) in [5, 5.41) is 0.0670. The number of terminal acetylenes is 1. The molecule has 0 aromatic heterocycles. The van der Waals surface area contributed by atoms with E-state index in [4.69, 9.17) is 25.1 Å². The van der Waals surface area contributed by atoms with E-state index in [0.29, 0.717) is 6.61 Å². The van der Waals surface area contributed by atoms with Crippen molar-refractivity contribution in [3.05, 3.63) is 22.3 Å². The molecule has 0 spiro atoms. The molecule has 0 aliphatic carbocycles. The number of carbonyl (C=O) groups excluding carboxylic acids is 1. The zero-order valence-electron chi connectivity index (χ0n) is 24.9. The topological polar surface area (TPSA) is 54.0 Å². The van der Waals surface area contributed by atoms with Crippen molar-refractivity contribution in [2.75, 3.05) is 13.2 Å². The van der Waals surface area contributed by atoms with Crippen LogP contribution in [-0.4, -0.2) is 64.4 Å². The van der Waals surface area contributed by atoms with Crippen LogP contribution in [0.25, 0.3) is 0 Å². The van der Waals surface area contributed by atoms with Crippen LogP contribution < -0.4 is 0 Å². The Morgan fingerprint density at radius 3 is 2.11 bits per heavy atom. The zero-order chi connectivity index (χ0) is 28.0. The van der Waals surface area contributed by atoms with Crippen molar-refractivity contribution in [3.63, 3.8) is 0 Å². The van der Waals surface area contributed by atoms with Crippen molar-refractivity contribution in [1.29, 1.82) is 0 Å². The van der Waals surface area contributed by atoms with Crippen LogP contribution >= 0.6 is 0 Å². The molecule has 0 bridgehead atoms. The third-order valence-corrected chi connectivity index (χ3v) is 26.3. The number of rotatable bonds is 17. The molecule has 0 fully saturated rings. The van der Waals surface area contributed by atoms with Crippen LogP contribution in [-0.2, 0) is 23.4 Å². The number of carbonyl (C=O) groups is 1. The van der Waals surface area contributed by atoms with Gasteiger partial charge < -0.3 is 0 Å². The van der Waals surface area contributed by atoms with Gasteiger partial charge in [-0.1, -0.05) is 0 Å². The second-order valence-corrected chi connectivity index (χ2v) is 29.7. The second kappa shape index (κ2) is 17.2. The number of ether oxygens (including phenoxy) is 3. The van der Waals surface area contributed by atoms with Crippen LogP contribution in [0.2, 0.25) is 31.4 Å². The fraction of sp³-hybridized carbons (Fsp3) is 0.767. The number of unbranched alkanes of at least 4 members (excludes halogenated alkanes) is 3. The average molecular weight is 642 g/mol. The van der Waals surface area contributed by atoms with E-state index in [1.54, 1.807) is 12.2 Å². The van der Waals surface area contributed by atoms with Crippen molar-refractivity contribution in [2.45, 2.75) is 130 Å². The summed E-state index contributed by atoms with van der Waals surface area (Å²) in [4.78, 5) is 13.1. The SMILES string of the molecule is C#CCO[C@@H]1C=C[C@H](OC(=O)/C=[CH]/[Sn]([CH2]CCC)([CH2]CCC)[CH2]CCC)[C@@H](CO[Si](C)(C)C(C)(C)C)O1. The molecule has 0 amide bonds. The van der Waals surface area contributed by atoms with Crippen LogP contribution in [0.3, 0.4) is 0 Å². The van der Waals surface area contributed by atoms with Crippen molar-refractivity contribution in [3.8, 4) is 12.3 Å². The van der Waals surface area contributed by atoms with E-state index in [1.165, 1.54) is 51.8 Å². The first kappa shape index (κ1) is 34.4. The molecule has 0 saturated heterocycles. The molecule has 1 heterocycles. The summed E-state index contributed by atoms with van der Waals surface area (Å²) in [6.07, 6.45) is 16.6. The normalized spacial score (nSPS) is 20.8. The van der Waals surface area contributed by atoms with E-state index >= 15 is 0 Å². The monoisotopic (exact) mass is 642 g/mol. The van der Waals surface area contributed by atoms with Crippen LogP contribution in [0.1, 0.15) is 80.1 Å². The molecule has 0 aromatic carbocycles. The van der Waals surface area contributed by atoms with E-state index in [9.17, 15) is 4.79 Å². The van der Waals surface area contributed by atoms with Gasteiger partial charge in [0.25, 0.3) is 0 Å². The van der Waals surface area contributed by atoms with Gasteiger partial charge in [0.15, 0.2) is 0 Å². The summed E-state index contributed by atoms with van der Waals surface area (Å²) in [5.41, 5.74) is 0. The molecule has 212 valence electrons. The molecular weight excluding hydrogens is 587 g/mol. The number of hydrogen-bond acceptors (Lipinski definition) is 5. The molecule has 0 saturated carbocycles. The summed E-state index contributed by atoms with van der Waals surface area (Å²) in [6.45, 7) is 18.3. The number of esters is 1. The first-order valence-corrected chi connectivity index (χ1v) is 25.0. The maximum atomic E-state index is 13.1. The third-order valence-electron chi connectivity index (χ3n) is 7.79. The molecule has 1 aliphatic rings. The molecule has 0 N–H and O–H groups in total. The van der Waals surface area contributed by atoms with Crippen LogP contribution in [0.4, 0.5) is 0 Å². The average Bonchev–Trinajstić information content (AvgIpc) is 2.85. The Bertz CT molecular complexity index is 743. The van der Waals surface area contributed by atoms with E-state index in [2.05, 4.69) is 64.6 Å². The fourth-order valence-electron chi connectivity index (χ4n) is 4.23. The fourth-order valence-corrected chi connectivity index (χ4v) is 19.3. The van der Waals surface area contributed by atoms with E-state index in [1.807, 2.05) is 6.08 Å². The van der Waals surface area contributed by atoms with Crippen LogP contribution in [0, 0.1) is 12.3 Å². The van der Waals surface area contributed by atoms with Crippen molar-refractivity contribution in [2.24, 2.45) is 0 Å². The Labute approximate surface area is 233 Å². The van der Waals surface area contributed by atoms with Gasteiger partial charge in [0, 0.05) is 0 Å². The third kappa shape index (κ3) is 12.4. The van der Waals surface area contributed by atoms with Crippen molar-refractivity contribution < 1.29 is 23.4 Å². The van der Waals surface area contributed by atoms with Gasteiger partial charge in [-0.05, 0) is 0 Å². The van der Waals surface area contributed by atoms with Gasteiger partial charge in [-0.3, -0.25) is 0 Å². The molecule has 1 rings (SSSR count). The Morgan fingerprint density at radius 2 is 1.62 bits per heavy atom. The molecule has 1 aliphatic heterocycles. The molecule has 37 heavy (non-hydrogen) atoms. The Hall–Kier alpha value is -0.594. The summed E-state index contributed by atoms with van der Waals surface area (Å²) >= 11 is -2.57.